The predicted octanol–water partition coefficient (Wildman–Crippen LogP) is 3.88. The minimum atomic E-state index is 0.160. The van der Waals surface area contributed by atoms with E-state index in [-0.39, 0.29) is 5.25 Å². The highest BCUT2D eigenvalue weighted by atomic mass is 32.2. The molecule has 0 spiro atoms. The van der Waals surface area contributed by atoms with Crippen LogP contribution in [0.5, 0.6) is 0 Å². The second-order valence-corrected chi connectivity index (χ2v) is 4.60. The highest BCUT2D eigenvalue weighted by Gasteiger charge is 2.08. The molecule has 0 saturated carbocycles. The van der Waals surface area contributed by atoms with Gasteiger partial charge in [0.25, 0.3) is 0 Å². The molecule has 1 unspecified atom stereocenters. The molecule has 1 atom stereocenters. The Hall–Kier alpha value is -1.57. The molecule has 2 aromatic rings. The van der Waals surface area contributed by atoms with E-state index in [0.29, 0.717) is 0 Å². The van der Waals surface area contributed by atoms with Crippen LogP contribution < -0.4 is 0 Å². The van der Waals surface area contributed by atoms with Crippen molar-refractivity contribution < 1.29 is 4.79 Å². The van der Waals surface area contributed by atoms with Gasteiger partial charge in [-0.15, -0.1) is 4.40 Å². The maximum Gasteiger partial charge on any atom is 0.247 e. The maximum absolute atomic E-state index is 10.1. The first kappa shape index (κ1) is 10.9. The molecule has 2 nitrogen and oxygen atoms in total. The Bertz CT molecular complexity index is 541. The average Bonchev–Trinajstić information content (AvgIpc) is 2.35. The Morgan fingerprint density at radius 1 is 1.19 bits per heavy atom. The quantitative estimate of drug-likeness (QED) is 0.454. The van der Waals surface area contributed by atoms with Crippen molar-refractivity contribution in [2.24, 2.45) is 4.40 Å². The number of hydrogen-bond donors (Lipinski definition) is 0. The Kier molecular flexibility index (Phi) is 3.40. The lowest BCUT2D eigenvalue weighted by molar-refractivity contribution is 0.566. The van der Waals surface area contributed by atoms with E-state index in [9.17, 15) is 4.79 Å². The highest BCUT2D eigenvalue weighted by molar-refractivity contribution is 7.98. The molecule has 2 aromatic carbocycles. The van der Waals surface area contributed by atoms with Crippen molar-refractivity contribution in [1.82, 2.24) is 0 Å². The lowest BCUT2D eigenvalue weighted by Crippen LogP contribution is -1.88. The number of carbonyl (C=O) groups excluding carboxylic acids is 1. The van der Waals surface area contributed by atoms with Crippen molar-refractivity contribution in [2.45, 2.75) is 12.2 Å². The highest BCUT2D eigenvalue weighted by Crippen LogP contribution is 2.33. The number of isocyanates is 1. The van der Waals surface area contributed by atoms with Gasteiger partial charge in [-0.1, -0.05) is 42.5 Å². The van der Waals surface area contributed by atoms with Crippen LogP contribution in [0.25, 0.3) is 10.8 Å². The van der Waals surface area contributed by atoms with Gasteiger partial charge < -0.3 is 0 Å². The van der Waals surface area contributed by atoms with Gasteiger partial charge in [0, 0.05) is 0 Å². The summed E-state index contributed by atoms with van der Waals surface area (Å²) in [6.45, 7) is 2.04. The van der Waals surface area contributed by atoms with Crippen LogP contribution in [0.1, 0.15) is 17.7 Å². The molecule has 3 heteroatoms. The minimum Gasteiger partial charge on any atom is -0.210 e. The lowest BCUT2D eigenvalue weighted by atomic mass is 10.0. The minimum absolute atomic E-state index is 0.160. The molecule has 0 radical (unpaired) electrons. The normalized spacial score (nSPS) is 12.1. The average molecular weight is 229 g/mol. The van der Waals surface area contributed by atoms with Gasteiger partial charge >= 0.3 is 0 Å². The van der Waals surface area contributed by atoms with E-state index in [2.05, 4.69) is 28.7 Å². The molecule has 0 aliphatic rings. The lowest BCUT2D eigenvalue weighted by Gasteiger charge is -2.10. The van der Waals surface area contributed by atoms with Crippen molar-refractivity contribution in [3.05, 3.63) is 48.0 Å². The van der Waals surface area contributed by atoms with E-state index in [1.54, 1.807) is 6.08 Å². The summed E-state index contributed by atoms with van der Waals surface area (Å²) in [5, 5.41) is 2.58. The zero-order chi connectivity index (χ0) is 11.4. The van der Waals surface area contributed by atoms with E-state index in [1.165, 1.54) is 28.3 Å². The maximum atomic E-state index is 10.1. The molecule has 0 amide bonds. The van der Waals surface area contributed by atoms with Crippen LogP contribution >= 0.6 is 11.9 Å². The van der Waals surface area contributed by atoms with Gasteiger partial charge in [0.15, 0.2) is 0 Å². The predicted molar refractivity (Wildman–Crippen MR) is 68.1 cm³/mol. The van der Waals surface area contributed by atoms with Crippen LogP contribution in [-0.4, -0.2) is 6.08 Å². The van der Waals surface area contributed by atoms with E-state index in [0.717, 1.165) is 0 Å². The summed E-state index contributed by atoms with van der Waals surface area (Å²) in [5.74, 6) is 0. The van der Waals surface area contributed by atoms with Gasteiger partial charge in [-0.2, -0.15) is 0 Å². The molecule has 0 aromatic heterocycles. The summed E-state index contributed by atoms with van der Waals surface area (Å²) in [6, 6.07) is 14.4. The smallest absolute Gasteiger partial charge is 0.210 e. The number of nitrogens with zero attached hydrogens (tertiary/aromatic N) is 1. The molecule has 2 rings (SSSR count). The third-order valence-corrected chi connectivity index (χ3v) is 3.26. The number of rotatable bonds is 3. The third-order valence-electron chi connectivity index (χ3n) is 2.51. The van der Waals surface area contributed by atoms with Crippen LogP contribution in [-0.2, 0) is 4.79 Å². The molecule has 0 fully saturated rings. The molecule has 0 aliphatic heterocycles. The summed E-state index contributed by atoms with van der Waals surface area (Å²) in [6.07, 6.45) is 1.55. The summed E-state index contributed by atoms with van der Waals surface area (Å²) < 4.78 is 3.57. The van der Waals surface area contributed by atoms with Crippen molar-refractivity contribution in [2.75, 3.05) is 0 Å². The largest absolute Gasteiger partial charge is 0.247 e. The van der Waals surface area contributed by atoms with Gasteiger partial charge in [-0.25, -0.2) is 4.79 Å². The molecule has 16 heavy (non-hydrogen) atoms. The monoisotopic (exact) mass is 229 g/mol. The first-order valence-electron chi connectivity index (χ1n) is 5.03. The fourth-order valence-electron chi connectivity index (χ4n) is 1.76. The first-order chi connectivity index (χ1) is 7.83. The van der Waals surface area contributed by atoms with Crippen LogP contribution in [0.2, 0.25) is 0 Å². The molecular weight excluding hydrogens is 218 g/mol. The molecular formula is C13H11NOS. The summed E-state index contributed by atoms with van der Waals surface area (Å²) in [5.41, 5.74) is 1.20. The standard InChI is InChI=1S/C13H11NOS/c1-10(16-14-9-15)12-8-4-6-11-5-2-3-7-13(11)12/h2-8,10H,1H3. The first-order valence-corrected chi connectivity index (χ1v) is 5.87. The number of fused-ring (bicyclic) bond motifs is 1. The Balaban J connectivity index is 2.47. The Morgan fingerprint density at radius 3 is 2.75 bits per heavy atom. The molecule has 0 aliphatic carbocycles. The second-order valence-electron chi connectivity index (χ2n) is 3.50. The Morgan fingerprint density at radius 2 is 1.94 bits per heavy atom. The summed E-state index contributed by atoms with van der Waals surface area (Å²) in [7, 11) is 0. The van der Waals surface area contributed by atoms with Crippen molar-refractivity contribution in [3.8, 4) is 0 Å². The van der Waals surface area contributed by atoms with Gasteiger partial charge in [-0.3, -0.25) is 0 Å². The Labute approximate surface area is 98.5 Å². The van der Waals surface area contributed by atoms with Crippen LogP contribution in [0.4, 0.5) is 0 Å². The fourth-order valence-corrected chi connectivity index (χ4v) is 2.28. The van der Waals surface area contributed by atoms with Gasteiger partial charge in [0.2, 0.25) is 6.08 Å². The van der Waals surface area contributed by atoms with Crippen molar-refractivity contribution in [3.63, 3.8) is 0 Å². The summed E-state index contributed by atoms with van der Waals surface area (Å²) in [4.78, 5) is 10.1. The van der Waals surface area contributed by atoms with E-state index in [1.807, 2.05) is 25.1 Å². The summed E-state index contributed by atoms with van der Waals surface area (Å²) >= 11 is 1.25. The molecule has 80 valence electrons. The van der Waals surface area contributed by atoms with Crippen molar-refractivity contribution >= 4 is 28.8 Å². The molecule has 0 saturated heterocycles. The molecule has 0 heterocycles. The second kappa shape index (κ2) is 4.97. The van der Waals surface area contributed by atoms with Crippen LogP contribution in [0.3, 0.4) is 0 Å². The fraction of sp³-hybridized carbons (Fsp3) is 0.154. The zero-order valence-electron chi connectivity index (χ0n) is 8.88. The van der Waals surface area contributed by atoms with E-state index < -0.39 is 0 Å². The third kappa shape index (κ3) is 2.16. The van der Waals surface area contributed by atoms with Crippen LogP contribution in [0.15, 0.2) is 46.9 Å². The number of benzene rings is 2. The van der Waals surface area contributed by atoms with Crippen molar-refractivity contribution in [1.29, 1.82) is 0 Å². The van der Waals surface area contributed by atoms with Gasteiger partial charge in [0.1, 0.15) is 0 Å². The van der Waals surface area contributed by atoms with E-state index in [4.69, 9.17) is 0 Å². The van der Waals surface area contributed by atoms with Crippen LogP contribution in [0, 0.1) is 0 Å². The SMILES string of the molecule is CC(SN=C=O)c1cccc2ccccc12. The number of hydrogen-bond acceptors (Lipinski definition) is 3. The topological polar surface area (TPSA) is 29.4 Å². The van der Waals surface area contributed by atoms with Gasteiger partial charge in [-0.05, 0) is 35.2 Å². The zero-order valence-corrected chi connectivity index (χ0v) is 9.70. The van der Waals surface area contributed by atoms with E-state index >= 15 is 0 Å². The van der Waals surface area contributed by atoms with Gasteiger partial charge in [0.05, 0.1) is 5.25 Å². The molecule has 0 bridgehead atoms. The molecule has 0 N–H and O–H groups in total.